The average Bonchev–Trinajstić information content (AvgIpc) is 3.49. The molecule has 35 heavy (non-hydrogen) atoms. The van der Waals surface area contributed by atoms with E-state index in [1.54, 1.807) is 18.3 Å². The molecule has 192 valence electrons. The Kier molecular flexibility index (Phi) is 6.86. The molecule has 3 fully saturated rings. The Hall–Kier alpha value is -2.44. The van der Waals surface area contributed by atoms with Crippen LogP contribution in [0.1, 0.15) is 62.6 Å². The zero-order valence-corrected chi connectivity index (χ0v) is 21.4. The lowest BCUT2D eigenvalue weighted by atomic mass is 9.77. The van der Waals surface area contributed by atoms with Crippen molar-refractivity contribution in [2.24, 2.45) is 0 Å². The number of rotatable bonds is 8. The molecule has 3 saturated heterocycles. The number of fused-ring (bicyclic) bond motifs is 2. The van der Waals surface area contributed by atoms with E-state index in [-0.39, 0.29) is 29.9 Å². The average molecular weight is 506 g/mol. The van der Waals surface area contributed by atoms with Gasteiger partial charge in [0, 0.05) is 37.3 Å². The second-order valence-corrected chi connectivity index (χ2v) is 11.8. The van der Waals surface area contributed by atoms with E-state index in [0.717, 1.165) is 36.9 Å². The number of ether oxygens (including phenoxy) is 2. The van der Waals surface area contributed by atoms with E-state index >= 15 is 0 Å². The predicted octanol–water partition coefficient (Wildman–Crippen LogP) is 2.91. The lowest BCUT2D eigenvalue weighted by Crippen LogP contribution is -2.54. The molecule has 0 aromatic carbocycles. The van der Waals surface area contributed by atoms with E-state index in [1.807, 2.05) is 13.0 Å². The molecular weight excluding hydrogens is 470 g/mol. The fourth-order valence-electron chi connectivity index (χ4n) is 5.66. The van der Waals surface area contributed by atoms with Gasteiger partial charge in [0.1, 0.15) is 11.9 Å². The van der Waals surface area contributed by atoms with Gasteiger partial charge in [0.25, 0.3) is 0 Å². The SMILES string of the molecule is CCS(=O)(=O)N1[C@@H]2CCC[C@H]1C[C@H](c1c(Nc3cc(C)[nH]n3)nc(NC)nc1O[C@@H]1CCOC1)C2. The molecule has 3 aliphatic heterocycles. The van der Waals surface area contributed by atoms with Crippen LogP contribution in [0, 0.1) is 6.92 Å². The number of aromatic amines is 1. The van der Waals surface area contributed by atoms with Crippen LogP contribution in [0.4, 0.5) is 17.6 Å². The number of anilines is 3. The molecule has 5 heterocycles. The van der Waals surface area contributed by atoms with Gasteiger partial charge in [-0.15, -0.1) is 0 Å². The van der Waals surface area contributed by atoms with Crippen LogP contribution >= 0.6 is 0 Å². The van der Waals surface area contributed by atoms with Crippen LogP contribution in [0.25, 0.3) is 0 Å². The molecule has 5 rings (SSSR count). The van der Waals surface area contributed by atoms with Gasteiger partial charge in [-0.05, 0) is 45.4 Å². The van der Waals surface area contributed by atoms with Crippen LogP contribution in [0.2, 0.25) is 0 Å². The Balaban J connectivity index is 1.55. The Morgan fingerprint density at radius 1 is 1.23 bits per heavy atom. The van der Waals surface area contributed by atoms with Crippen molar-refractivity contribution in [2.45, 2.75) is 76.5 Å². The lowest BCUT2D eigenvalue weighted by molar-refractivity contribution is 0.106. The van der Waals surface area contributed by atoms with Crippen molar-refractivity contribution < 1.29 is 17.9 Å². The third-order valence-corrected chi connectivity index (χ3v) is 9.22. The smallest absolute Gasteiger partial charge is 0.227 e. The summed E-state index contributed by atoms with van der Waals surface area (Å²) in [5.41, 5.74) is 1.83. The summed E-state index contributed by atoms with van der Waals surface area (Å²) in [7, 11) is -1.49. The zero-order chi connectivity index (χ0) is 24.6. The van der Waals surface area contributed by atoms with Crippen LogP contribution in [0.5, 0.6) is 5.88 Å². The summed E-state index contributed by atoms with van der Waals surface area (Å²) in [5, 5.41) is 13.7. The summed E-state index contributed by atoms with van der Waals surface area (Å²) in [6.45, 7) is 4.86. The van der Waals surface area contributed by atoms with E-state index in [4.69, 9.17) is 19.4 Å². The van der Waals surface area contributed by atoms with E-state index < -0.39 is 10.0 Å². The molecule has 0 saturated carbocycles. The fraction of sp³-hybridized carbons (Fsp3) is 0.696. The van der Waals surface area contributed by atoms with Gasteiger partial charge in [-0.25, -0.2) is 8.42 Å². The van der Waals surface area contributed by atoms with Crippen LogP contribution in [-0.2, 0) is 14.8 Å². The Morgan fingerprint density at radius 2 is 2.00 bits per heavy atom. The zero-order valence-electron chi connectivity index (χ0n) is 20.6. The van der Waals surface area contributed by atoms with Crippen molar-refractivity contribution in [3.63, 3.8) is 0 Å². The number of aryl methyl sites for hydroxylation is 1. The molecule has 0 spiro atoms. The Bertz CT molecular complexity index is 1130. The highest BCUT2D eigenvalue weighted by Crippen LogP contribution is 2.47. The minimum Gasteiger partial charge on any atom is -0.471 e. The Morgan fingerprint density at radius 3 is 2.60 bits per heavy atom. The minimum absolute atomic E-state index is 0.0235. The summed E-state index contributed by atoms with van der Waals surface area (Å²) in [5.74, 6) is 2.46. The molecule has 2 bridgehead atoms. The van der Waals surface area contributed by atoms with Crippen LogP contribution in [0.3, 0.4) is 0 Å². The Labute approximate surface area is 206 Å². The first-order valence-corrected chi connectivity index (χ1v) is 14.1. The van der Waals surface area contributed by atoms with Crippen molar-refractivity contribution in [3.05, 3.63) is 17.3 Å². The number of nitrogens with zero attached hydrogens (tertiary/aromatic N) is 4. The number of nitrogens with one attached hydrogen (secondary N) is 3. The monoisotopic (exact) mass is 505 g/mol. The number of hydrogen-bond acceptors (Lipinski definition) is 9. The highest BCUT2D eigenvalue weighted by atomic mass is 32.2. The molecule has 12 heteroatoms. The van der Waals surface area contributed by atoms with Gasteiger partial charge in [-0.2, -0.15) is 19.4 Å². The van der Waals surface area contributed by atoms with Gasteiger partial charge in [0.15, 0.2) is 5.82 Å². The van der Waals surface area contributed by atoms with Crippen LogP contribution in [0.15, 0.2) is 6.07 Å². The van der Waals surface area contributed by atoms with Gasteiger partial charge < -0.3 is 20.1 Å². The summed E-state index contributed by atoms with van der Waals surface area (Å²) in [6, 6.07) is 1.87. The molecule has 4 atom stereocenters. The number of piperidine rings is 2. The van der Waals surface area contributed by atoms with Gasteiger partial charge in [-0.1, -0.05) is 6.42 Å². The quantitative estimate of drug-likeness (QED) is 0.495. The van der Waals surface area contributed by atoms with Crippen LogP contribution in [-0.4, -0.2) is 77.1 Å². The second-order valence-electron chi connectivity index (χ2n) is 9.67. The lowest BCUT2D eigenvalue weighted by Gasteiger charge is -2.48. The maximum atomic E-state index is 12.9. The summed E-state index contributed by atoms with van der Waals surface area (Å²) < 4.78 is 39.6. The highest BCUT2D eigenvalue weighted by molar-refractivity contribution is 7.89. The predicted molar refractivity (Wildman–Crippen MR) is 133 cm³/mol. The van der Waals surface area contributed by atoms with Gasteiger partial charge >= 0.3 is 0 Å². The molecule has 3 N–H and O–H groups in total. The molecule has 3 aliphatic rings. The number of H-pyrrole nitrogens is 1. The molecule has 0 radical (unpaired) electrons. The van der Waals surface area contributed by atoms with E-state index in [0.29, 0.717) is 49.5 Å². The molecule has 2 aromatic heterocycles. The first-order valence-electron chi connectivity index (χ1n) is 12.5. The normalized spacial score (nSPS) is 27.1. The summed E-state index contributed by atoms with van der Waals surface area (Å²) >= 11 is 0. The van der Waals surface area contributed by atoms with Crippen LogP contribution < -0.4 is 15.4 Å². The maximum absolute atomic E-state index is 12.9. The van der Waals surface area contributed by atoms with E-state index in [9.17, 15) is 8.42 Å². The third-order valence-electron chi connectivity index (χ3n) is 7.25. The molecule has 2 aromatic rings. The van der Waals surface area contributed by atoms with Crippen molar-refractivity contribution in [1.29, 1.82) is 0 Å². The fourth-order valence-corrected chi connectivity index (χ4v) is 7.25. The van der Waals surface area contributed by atoms with Crippen molar-refractivity contribution in [3.8, 4) is 5.88 Å². The summed E-state index contributed by atoms with van der Waals surface area (Å²) in [4.78, 5) is 9.47. The molecule has 0 unspecified atom stereocenters. The van der Waals surface area contributed by atoms with Crippen molar-refractivity contribution in [2.75, 3.05) is 36.6 Å². The number of hydrogen-bond donors (Lipinski definition) is 3. The number of aromatic nitrogens is 4. The summed E-state index contributed by atoms with van der Waals surface area (Å²) in [6.07, 6.45) is 4.94. The minimum atomic E-state index is -3.27. The maximum Gasteiger partial charge on any atom is 0.227 e. The van der Waals surface area contributed by atoms with Gasteiger partial charge in [-0.3, -0.25) is 5.10 Å². The highest BCUT2D eigenvalue weighted by Gasteiger charge is 2.45. The first kappa shape index (κ1) is 24.3. The van der Waals surface area contributed by atoms with Gasteiger partial charge in [0.05, 0.1) is 24.5 Å². The molecular formula is C23H35N7O4S. The molecule has 0 amide bonds. The first-order chi connectivity index (χ1) is 16.9. The standard InChI is InChI=1S/C23H35N7O4S/c1-4-35(31,32)30-16-6-5-7-17(30)12-15(11-16)20-21(25-19-10-14(2)28-29-19)26-23(24-3)27-22(20)34-18-8-9-33-13-18/h10,15-18H,4-9,11-13H2,1-3H3,(H3,24,25,26,27,28,29)/t15-,16-,17+,18-/m1/s1. The van der Waals surface area contributed by atoms with Crippen molar-refractivity contribution >= 4 is 27.6 Å². The topological polar surface area (TPSA) is 134 Å². The molecule has 11 nitrogen and oxygen atoms in total. The second kappa shape index (κ2) is 9.90. The number of sulfonamides is 1. The third kappa shape index (κ3) is 4.96. The van der Waals surface area contributed by atoms with E-state index in [1.165, 1.54) is 0 Å². The largest absolute Gasteiger partial charge is 0.471 e. The van der Waals surface area contributed by atoms with E-state index in [2.05, 4.69) is 20.8 Å². The molecule has 0 aliphatic carbocycles. The van der Waals surface area contributed by atoms with Gasteiger partial charge in [0.2, 0.25) is 21.9 Å². The van der Waals surface area contributed by atoms with Crippen molar-refractivity contribution in [1.82, 2.24) is 24.5 Å².